The predicted octanol–water partition coefficient (Wildman–Crippen LogP) is 2.43. The lowest BCUT2D eigenvalue weighted by Crippen LogP contribution is -2.48. The van der Waals surface area contributed by atoms with E-state index < -0.39 is 0 Å². The number of aromatic nitrogens is 5. The average Bonchev–Trinajstić information content (AvgIpc) is 3.24. The van der Waals surface area contributed by atoms with E-state index in [9.17, 15) is 0 Å². The lowest BCUT2D eigenvalue weighted by molar-refractivity contribution is 0.212. The van der Waals surface area contributed by atoms with Crippen LogP contribution in [0.15, 0.2) is 72.8 Å². The molecule has 0 unspecified atom stereocenters. The van der Waals surface area contributed by atoms with Crippen molar-refractivity contribution in [3.63, 3.8) is 0 Å². The van der Waals surface area contributed by atoms with Gasteiger partial charge in [-0.25, -0.2) is 0 Å². The van der Waals surface area contributed by atoms with Crippen molar-refractivity contribution < 1.29 is 0 Å². The maximum absolute atomic E-state index is 4.53. The smallest absolute Gasteiger partial charge is 0.200 e. The minimum Gasteiger partial charge on any atom is -0.353 e. The van der Waals surface area contributed by atoms with Crippen LogP contribution in [0.3, 0.4) is 0 Å². The highest BCUT2D eigenvalue weighted by Crippen LogP contribution is 2.30. The third kappa shape index (κ3) is 3.20. The Morgan fingerprint density at radius 1 is 0.714 bits per heavy atom. The van der Waals surface area contributed by atoms with Crippen molar-refractivity contribution >= 4 is 11.5 Å². The zero-order valence-corrected chi connectivity index (χ0v) is 15.5. The van der Waals surface area contributed by atoms with E-state index in [0.29, 0.717) is 5.65 Å². The number of tetrazole rings is 1. The van der Waals surface area contributed by atoms with Gasteiger partial charge in [0.1, 0.15) is 0 Å². The van der Waals surface area contributed by atoms with Crippen molar-refractivity contribution in [1.82, 2.24) is 30.2 Å². The number of fused-ring (bicyclic) bond motifs is 1. The van der Waals surface area contributed by atoms with Gasteiger partial charge in [-0.05, 0) is 33.7 Å². The largest absolute Gasteiger partial charge is 0.353 e. The molecule has 0 bridgehead atoms. The molecule has 0 N–H and O–H groups in total. The summed E-state index contributed by atoms with van der Waals surface area (Å²) in [4.78, 5) is 4.85. The molecule has 5 rings (SSSR count). The second-order valence-electron chi connectivity index (χ2n) is 6.96. The summed E-state index contributed by atoms with van der Waals surface area (Å²) in [5, 5.41) is 16.0. The predicted molar refractivity (Wildman–Crippen MR) is 107 cm³/mol. The Labute approximate surface area is 163 Å². The van der Waals surface area contributed by atoms with E-state index in [0.717, 1.165) is 32.0 Å². The van der Waals surface area contributed by atoms with Gasteiger partial charge in [0.05, 0.1) is 6.04 Å². The highest BCUT2D eigenvalue weighted by atomic mass is 15.6. The lowest BCUT2D eigenvalue weighted by atomic mass is 9.96. The molecule has 1 saturated heterocycles. The van der Waals surface area contributed by atoms with Crippen LogP contribution < -0.4 is 4.90 Å². The van der Waals surface area contributed by atoms with Crippen LogP contribution in [0.4, 0.5) is 5.82 Å². The second-order valence-corrected chi connectivity index (χ2v) is 6.96. The van der Waals surface area contributed by atoms with E-state index >= 15 is 0 Å². The molecule has 140 valence electrons. The van der Waals surface area contributed by atoms with Crippen LogP contribution in [-0.2, 0) is 0 Å². The molecule has 1 aliphatic rings. The molecule has 7 heteroatoms. The molecule has 0 atom stereocenters. The van der Waals surface area contributed by atoms with Gasteiger partial charge >= 0.3 is 0 Å². The number of hydrogen-bond donors (Lipinski definition) is 0. The van der Waals surface area contributed by atoms with Crippen molar-refractivity contribution in [2.45, 2.75) is 6.04 Å². The lowest BCUT2D eigenvalue weighted by Gasteiger charge is -2.40. The molecule has 2 aromatic heterocycles. The Kier molecular flexibility index (Phi) is 4.42. The van der Waals surface area contributed by atoms with E-state index in [1.165, 1.54) is 15.8 Å². The van der Waals surface area contributed by atoms with Crippen LogP contribution in [0.1, 0.15) is 17.2 Å². The van der Waals surface area contributed by atoms with Crippen molar-refractivity contribution in [3.05, 3.63) is 83.9 Å². The molecule has 3 heterocycles. The van der Waals surface area contributed by atoms with E-state index in [4.69, 9.17) is 0 Å². The van der Waals surface area contributed by atoms with E-state index in [-0.39, 0.29) is 6.04 Å². The summed E-state index contributed by atoms with van der Waals surface area (Å²) in [6, 6.07) is 25.7. The van der Waals surface area contributed by atoms with Gasteiger partial charge < -0.3 is 4.90 Å². The number of rotatable bonds is 4. The molecule has 7 nitrogen and oxygen atoms in total. The number of benzene rings is 2. The number of nitrogens with zero attached hydrogens (tertiary/aromatic N) is 7. The minimum atomic E-state index is 0.263. The second kappa shape index (κ2) is 7.36. The van der Waals surface area contributed by atoms with E-state index in [1.807, 2.05) is 12.1 Å². The van der Waals surface area contributed by atoms with Crippen molar-refractivity contribution in [1.29, 1.82) is 0 Å². The van der Waals surface area contributed by atoms with Crippen molar-refractivity contribution in [2.24, 2.45) is 0 Å². The van der Waals surface area contributed by atoms with Gasteiger partial charge in [0, 0.05) is 26.2 Å². The van der Waals surface area contributed by atoms with Gasteiger partial charge in [-0.1, -0.05) is 60.7 Å². The standard InChI is InChI=1S/C21H21N7/c1-3-7-17(8-4-1)21(18-9-5-2-6-10-18)27-15-13-26(14-16-27)20-12-11-19-22-24-25-28(19)23-20/h1-12,21H,13-16H2. The average molecular weight is 371 g/mol. The summed E-state index contributed by atoms with van der Waals surface area (Å²) in [5.41, 5.74) is 3.32. The third-order valence-electron chi connectivity index (χ3n) is 5.29. The molecule has 0 aliphatic carbocycles. The fourth-order valence-corrected chi connectivity index (χ4v) is 3.90. The first kappa shape index (κ1) is 16.8. The fraction of sp³-hybridized carbons (Fsp3) is 0.238. The van der Waals surface area contributed by atoms with Crippen molar-refractivity contribution in [3.8, 4) is 0 Å². The van der Waals surface area contributed by atoms with Crippen LogP contribution in [0.2, 0.25) is 0 Å². The molecule has 2 aromatic carbocycles. The monoisotopic (exact) mass is 371 g/mol. The van der Waals surface area contributed by atoms with Gasteiger partial charge in [0.2, 0.25) is 0 Å². The van der Waals surface area contributed by atoms with Gasteiger partial charge in [-0.15, -0.1) is 14.8 Å². The topological polar surface area (TPSA) is 62.5 Å². The number of anilines is 1. The number of piperazine rings is 1. The summed E-state index contributed by atoms with van der Waals surface area (Å²) < 4.78 is 1.48. The molecular formula is C21H21N7. The summed E-state index contributed by atoms with van der Waals surface area (Å²) >= 11 is 0. The molecule has 1 aliphatic heterocycles. The van der Waals surface area contributed by atoms with Crippen LogP contribution in [0, 0.1) is 0 Å². The zero-order chi connectivity index (χ0) is 18.8. The first-order chi connectivity index (χ1) is 13.9. The molecule has 0 saturated carbocycles. The van der Waals surface area contributed by atoms with Crippen molar-refractivity contribution in [2.75, 3.05) is 31.1 Å². The molecule has 0 spiro atoms. The maximum Gasteiger partial charge on any atom is 0.200 e. The van der Waals surface area contributed by atoms with Crippen LogP contribution >= 0.6 is 0 Å². The Morgan fingerprint density at radius 3 is 2.00 bits per heavy atom. The van der Waals surface area contributed by atoms with Gasteiger partial charge in [-0.2, -0.15) is 0 Å². The Bertz CT molecular complexity index is 1000. The molecule has 0 radical (unpaired) electrons. The minimum absolute atomic E-state index is 0.263. The SMILES string of the molecule is c1ccc(C(c2ccccc2)N2CCN(c3ccc4nnnn4n3)CC2)cc1. The maximum atomic E-state index is 4.53. The Hall–Kier alpha value is -3.32. The normalized spacial score (nSPS) is 15.4. The quantitative estimate of drug-likeness (QED) is 0.549. The van der Waals surface area contributed by atoms with Crippen LogP contribution in [-0.4, -0.2) is 56.3 Å². The van der Waals surface area contributed by atoms with E-state index in [1.54, 1.807) is 0 Å². The first-order valence-electron chi connectivity index (χ1n) is 9.53. The fourth-order valence-electron chi connectivity index (χ4n) is 3.90. The first-order valence-corrected chi connectivity index (χ1v) is 9.53. The Morgan fingerprint density at radius 2 is 1.36 bits per heavy atom. The summed E-state index contributed by atoms with van der Waals surface area (Å²) in [6.07, 6.45) is 0. The van der Waals surface area contributed by atoms with E-state index in [2.05, 4.69) is 91.1 Å². The third-order valence-corrected chi connectivity index (χ3v) is 5.29. The van der Waals surface area contributed by atoms with Gasteiger partial charge in [-0.3, -0.25) is 4.90 Å². The molecule has 1 fully saturated rings. The molecular weight excluding hydrogens is 350 g/mol. The Balaban J connectivity index is 1.37. The summed E-state index contributed by atoms with van der Waals surface area (Å²) in [6.45, 7) is 3.75. The molecule has 4 aromatic rings. The van der Waals surface area contributed by atoms with Crippen LogP contribution in [0.5, 0.6) is 0 Å². The van der Waals surface area contributed by atoms with Gasteiger partial charge in [0.15, 0.2) is 11.5 Å². The highest BCUT2D eigenvalue weighted by Gasteiger charge is 2.27. The highest BCUT2D eigenvalue weighted by molar-refractivity contribution is 5.45. The molecule has 0 amide bonds. The summed E-state index contributed by atoms with van der Waals surface area (Å²) in [5.74, 6) is 0.912. The van der Waals surface area contributed by atoms with Crippen LogP contribution in [0.25, 0.3) is 5.65 Å². The number of hydrogen-bond acceptors (Lipinski definition) is 6. The van der Waals surface area contributed by atoms with Gasteiger partial charge in [0.25, 0.3) is 0 Å². The summed E-state index contributed by atoms with van der Waals surface area (Å²) in [7, 11) is 0. The zero-order valence-electron chi connectivity index (χ0n) is 15.5. The molecule has 28 heavy (non-hydrogen) atoms.